The fourth-order valence-electron chi connectivity index (χ4n) is 1.31. The number of carbonyl (C=O) groups excluding carboxylic acids is 1. The topological polar surface area (TPSA) is 87.2 Å². The summed E-state index contributed by atoms with van der Waals surface area (Å²) in [5.74, 6) is -0.388. The van der Waals surface area contributed by atoms with Crippen molar-refractivity contribution in [3.05, 3.63) is 62.0 Å². The zero-order valence-electron chi connectivity index (χ0n) is 10.6. The summed E-state index contributed by atoms with van der Waals surface area (Å²) in [4.78, 5) is 10.5. The number of phenolic OH excluding ortho intramolecular Hbond substituents is 1. The van der Waals surface area contributed by atoms with Gasteiger partial charge < -0.3 is 16.2 Å². The first-order valence-electron chi connectivity index (χ1n) is 5.59. The molecule has 110 valence electrons. The van der Waals surface area contributed by atoms with Gasteiger partial charge in [0, 0.05) is 27.4 Å². The Labute approximate surface area is 140 Å². The molecule has 0 bridgehead atoms. The minimum Gasteiger partial charge on any atom is -0.506 e. The first kappa shape index (κ1) is 17.5. The monoisotopic (exact) mass is 388 g/mol. The summed E-state index contributed by atoms with van der Waals surface area (Å²) in [7, 11) is 0. The zero-order valence-corrected chi connectivity index (χ0v) is 13.7. The van der Waals surface area contributed by atoms with E-state index in [0.717, 1.165) is 6.21 Å². The van der Waals surface area contributed by atoms with Gasteiger partial charge >= 0.3 is 0 Å². The molecule has 21 heavy (non-hydrogen) atoms. The molecule has 2 aromatic carbocycles. The summed E-state index contributed by atoms with van der Waals surface area (Å²) < 4.78 is 0.503. The van der Waals surface area contributed by atoms with Crippen LogP contribution in [0.15, 0.2) is 40.9 Å². The van der Waals surface area contributed by atoms with Crippen molar-refractivity contribution in [2.75, 3.05) is 0 Å². The normalized spacial score (nSPS) is 9.48. The second-order valence-electron chi connectivity index (χ2n) is 3.84. The second kappa shape index (κ2) is 8.02. The molecule has 0 spiro atoms. The van der Waals surface area contributed by atoms with Gasteiger partial charge in [0.2, 0.25) is 5.91 Å². The Morgan fingerprint density at radius 2 is 1.76 bits per heavy atom. The molecule has 0 saturated heterocycles. The third kappa shape index (κ3) is 5.38. The highest BCUT2D eigenvalue weighted by molar-refractivity contribution is 9.10. The summed E-state index contributed by atoms with van der Waals surface area (Å²) in [6, 6.07) is 9.52. The molecule has 0 atom stereocenters. The predicted molar refractivity (Wildman–Crippen MR) is 88.7 cm³/mol. The smallest absolute Gasteiger partial charge is 0.248 e. The molecule has 0 aliphatic rings. The number of phenols is 1. The van der Waals surface area contributed by atoms with Crippen molar-refractivity contribution in [2.24, 2.45) is 5.73 Å². The molecule has 0 aromatic heterocycles. The van der Waals surface area contributed by atoms with Crippen LogP contribution in [-0.2, 0) is 0 Å². The maximum atomic E-state index is 10.5. The Kier molecular flexibility index (Phi) is 6.68. The lowest BCUT2D eigenvalue weighted by Crippen LogP contribution is -2.10. The van der Waals surface area contributed by atoms with Crippen LogP contribution in [-0.4, -0.2) is 17.2 Å². The Morgan fingerprint density at radius 1 is 1.19 bits per heavy atom. The zero-order chi connectivity index (χ0) is 16.0. The maximum Gasteiger partial charge on any atom is 0.248 e. The molecule has 4 nitrogen and oxygen atoms in total. The second-order valence-corrected chi connectivity index (χ2v) is 5.57. The van der Waals surface area contributed by atoms with Crippen molar-refractivity contribution in [1.82, 2.24) is 0 Å². The van der Waals surface area contributed by atoms with Gasteiger partial charge in [-0.3, -0.25) is 4.79 Å². The maximum absolute atomic E-state index is 10.5. The molecule has 7 heteroatoms. The first-order valence-corrected chi connectivity index (χ1v) is 7.14. The Balaban J connectivity index is 0.000000211. The number of hydrogen-bond donors (Lipinski definition) is 3. The molecule has 0 heterocycles. The van der Waals surface area contributed by atoms with Gasteiger partial charge in [0.25, 0.3) is 0 Å². The van der Waals surface area contributed by atoms with Gasteiger partial charge in [-0.15, -0.1) is 0 Å². The van der Waals surface area contributed by atoms with Gasteiger partial charge in [-0.1, -0.05) is 23.2 Å². The fraction of sp³-hybridized carbons (Fsp3) is 0. The lowest BCUT2D eigenvalue weighted by Gasteiger charge is -2.00. The van der Waals surface area contributed by atoms with Crippen LogP contribution >= 0.6 is 39.1 Å². The molecule has 0 aliphatic carbocycles. The Hall–Kier alpha value is -1.56. The first-order chi connectivity index (χ1) is 9.85. The number of halogens is 3. The molecule has 1 amide bonds. The fourth-order valence-corrected chi connectivity index (χ4v) is 2.27. The van der Waals surface area contributed by atoms with Crippen LogP contribution in [0.4, 0.5) is 0 Å². The number of nitrogens with two attached hydrogens (primary N) is 1. The highest BCUT2D eigenvalue weighted by atomic mass is 79.9. The Morgan fingerprint density at radius 3 is 2.24 bits per heavy atom. The van der Waals surface area contributed by atoms with E-state index in [1.807, 2.05) is 0 Å². The van der Waals surface area contributed by atoms with E-state index in [2.05, 4.69) is 15.9 Å². The number of nitrogens with one attached hydrogen (secondary N) is 1. The van der Waals surface area contributed by atoms with E-state index < -0.39 is 5.91 Å². The van der Waals surface area contributed by atoms with E-state index in [9.17, 15) is 9.90 Å². The molecule has 2 rings (SSSR count). The number of rotatable bonds is 2. The van der Waals surface area contributed by atoms with Crippen LogP contribution < -0.4 is 5.73 Å². The molecular formula is C14H11BrCl2N2O2. The van der Waals surface area contributed by atoms with Gasteiger partial charge in [0.05, 0.1) is 4.47 Å². The average molecular weight is 390 g/mol. The number of benzene rings is 2. The molecule has 0 unspecified atom stereocenters. The lowest BCUT2D eigenvalue weighted by molar-refractivity contribution is 0.100. The van der Waals surface area contributed by atoms with Crippen LogP contribution in [0.5, 0.6) is 5.75 Å². The number of amides is 1. The molecular weight excluding hydrogens is 379 g/mol. The highest BCUT2D eigenvalue weighted by Gasteiger charge is 2.04. The van der Waals surface area contributed by atoms with Crippen LogP contribution in [0.25, 0.3) is 0 Å². The van der Waals surface area contributed by atoms with Crippen molar-refractivity contribution in [3.63, 3.8) is 0 Å². The van der Waals surface area contributed by atoms with Crippen LogP contribution in [0, 0.1) is 5.41 Å². The van der Waals surface area contributed by atoms with Crippen LogP contribution in [0.3, 0.4) is 0 Å². The molecule has 0 fully saturated rings. The van der Waals surface area contributed by atoms with Gasteiger partial charge in [-0.05, 0) is 52.3 Å². The Bertz CT molecular complexity index is 661. The third-order valence-electron chi connectivity index (χ3n) is 2.34. The summed E-state index contributed by atoms with van der Waals surface area (Å²) >= 11 is 14.3. The summed E-state index contributed by atoms with van der Waals surface area (Å²) in [5, 5.41) is 17.3. The van der Waals surface area contributed by atoms with Gasteiger partial charge in [0.1, 0.15) is 5.75 Å². The number of primary amides is 1. The average Bonchev–Trinajstić information content (AvgIpc) is 2.44. The molecule has 0 radical (unpaired) electrons. The summed E-state index contributed by atoms with van der Waals surface area (Å²) in [5.41, 5.74) is 5.86. The lowest BCUT2D eigenvalue weighted by atomic mass is 10.2. The summed E-state index contributed by atoms with van der Waals surface area (Å²) in [6.45, 7) is 0. The van der Waals surface area contributed by atoms with Crippen molar-refractivity contribution >= 4 is 51.3 Å². The summed E-state index contributed by atoms with van der Waals surface area (Å²) in [6.07, 6.45) is 1.05. The van der Waals surface area contributed by atoms with Gasteiger partial charge in [-0.2, -0.15) is 0 Å². The van der Waals surface area contributed by atoms with Crippen LogP contribution in [0.2, 0.25) is 10.0 Å². The minimum atomic E-state index is -0.434. The van der Waals surface area contributed by atoms with E-state index in [4.69, 9.17) is 34.3 Å². The number of hydrogen-bond acceptors (Lipinski definition) is 3. The highest BCUT2D eigenvalue weighted by Crippen LogP contribution is 2.30. The van der Waals surface area contributed by atoms with Gasteiger partial charge in [-0.25, -0.2) is 0 Å². The van der Waals surface area contributed by atoms with Crippen molar-refractivity contribution < 1.29 is 9.90 Å². The quantitative estimate of drug-likeness (QED) is 0.670. The van der Waals surface area contributed by atoms with E-state index in [0.29, 0.717) is 25.6 Å². The van der Waals surface area contributed by atoms with Crippen molar-refractivity contribution in [2.45, 2.75) is 0 Å². The molecule has 4 N–H and O–H groups in total. The SMILES string of the molecule is N=Cc1cc(Cl)cc(Br)c1O.NC(=O)c1ccc(Cl)cc1. The minimum absolute atomic E-state index is 0.0457. The van der Waals surface area contributed by atoms with Crippen molar-refractivity contribution in [3.8, 4) is 5.75 Å². The molecule has 0 saturated carbocycles. The molecule has 0 aliphatic heterocycles. The largest absolute Gasteiger partial charge is 0.506 e. The number of aromatic hydroxyl groups is 1. The van der Waals surface area contributed by atoms with Crippen molar-refractivity contribution in [1.29, 1.82) is 5.41 Å². The molecule has 2 aromatic rings. The van der Waals surface area contributed by atoms with E-state index in [-0.39, 0.29) is 5.75 Å². The predicted octanol–water partition coefficient (Wildman–Crippen LogP) is 4.24. The van der Waals surface area contributed by atoms with E-state index in [1.165, 1.54) is 6.07 Å². The van der Waals surface area contributed by atoms with E-state index >= 15 is 0 Å². The third-order valence-corrected chi connectivity index (χ3v) is 3.42. The van der Waals surface area contributed by atoms with E-state index in [1.54, 1.807) is 30.3 Å². The van der Waals surface area contributed by atoms with Gasteiger partial charge in [0.15, 0.2) is 0 Å². The number of carbonyl (C=O) groups is 1. The standard InChI is InChI=1S/C7H5BrClNO.C7H6ClNO/c8-6-2-5(9)1-4(3-10)7(6)11;8-6-3-1-5(2-4-6)7(9)10/h1-3,10-11H;1-4H,(H2,9,10). The van der Waals surface area contributed by atoms with Crippen LogP contribution in [0.1, 0.15) is 15.9 Å².